The van der Waals surface area contributed by atoms with Crippen molar-refractivity contribution in [2.24, 2.45) is 0 Å². The Balaban J connectivity index is 2.20. The molecule has 0 fully saturated rings. The molecule has 2 N–H and O–H groups in total. The van der Waals surface area contributed by atoms with E-state index in [1.807, 2.05) is 0 Å². The van der Waals surface area contributed by atoms with E-state index in [1.54, 1.807) is 0 Å². The lowest BCUT2D eigenvalue weighted by atomic mass is 10.1. The summed E-state index contributed by atoms with van der Waals surface area (Å²) in [6.45, 7) is -4.44. The SMILES string of the molecule is OCc1cc(F)c(OCC(F)F)cc1Nc1ccc(OC(F)F)cc1. The molecule has 136 valence electrons. The molecule has 0 aliphatic heterocycles. The molecule has 0 spiro atoms. The summed E-state index contributed by atoms with van der Waals surface area (Å²) in [6.07, 6.45) is -2.77. The van der Waals surface area contributed by atoms with Crippen LogP contribution in [-0.4, -0.2) is 24.8 Å². The Kier molecular flexibility index (Phi) is 6.40. The van der Waals surface area contributed by atoms with Crippen LogP contribution in [0.4, 0.5) is 33.3 Å². The number of nitrogens with one attached hydrogen (secondary N) is 1. The van der Waals surface area contributed by atoms with E-state index in [4.69, 9.17) is 0 Å². The third-order valence-corrected chi connectivity index (χ3v) is 3.05. The molecule has 2 aromatic rings. The molecular weight excluding hydrogens is 349 g/mol. The Morgan fingerprint density at radius 1 is 1.04 bits per heavy atom. The highest BCUT2D eigenvalue weighted by Crippen LogP contribution is 2.30. The standard InChI is InChI=1S/C16H14F5NO3/c17-12-5-9(7-23)13(6-14(12)24-8-15(18)19)22-10-1-3-11(4-2-10)25-16(20)21/h1-6,15-16,22-23H,7-8H2. The quantitative estimate of drug-likeness (QED) is 0.687. The maximum absolute atomic E-state index is 13.8. The summed E-state index contributed by atoms with van der Waals surface area (Å²) in [6, 6.07) is 7.49. The minimum Gasteiger partial charge on any atom is -0.484 e. The van der Waals surface area contributed by atoms with Crippen molar-refractivity contribution < 1.29 is 36.5 Å². The first-order chi connectivity index (χ1) is 11.9. The number of aliphatic hydroxyl groups excluding tert-OH is 1. The molecule has 9 heteroatoms. The Bertz CT molecular complexity index is 695. The number of alkyl halides is 4. The van der Waals surface area contributed by atoms with Crippen LogP contribution in [0.2, 0.25) is 0 Å². The lowest BCUT2D eigenvalue weighted by Crippen LogP contribution is -2.09. The van der Waals surface area contributed by atoms with Gasteiger partial charge < -0.3 is 19.9 Å². The molecule has 0 atom stereocenters. The number of aliphatic hydroxyl groups is 1. The monoisotopic (exact) mass is 363 g/mol. The molecule has 0 radical (unpaired) electrons. The second-order valence-electron chi connectivity index (χ2n) is 4.83. The smallest absolute Gasteiger partial charge is 0.387 e. The average Bonchev–Trinajstić information content (AvgIpc) is 2.56. The zero-order valence-electron chi connectivity index (χ0n) is 12.7. The minimum absolute atomic E-state index is 0.0528. The van der Waals surface area contributed by atoms with Crippen molar-refractivity contribution in [3.05, 3.63) is 47.8 Å². The van der Waals surface area contributed by atoms with Gasteiger partial charge in [0.05, 0.1) is 6.61 Å². The third-order valence-electron chi connectivity index (χ3n) is 3.05. The van der Waals surface area contributed by atoms with Crippen LogP contribution in [-0.2, 0) is 6.61 Å². The first kappa shape index (κ1) is 18.8. The van der Waals surface area contributed by atoms with Gasteiger partial charge in [0, 0.05) is 23.0 Å². The van der Waals surface area contributed by atoms with Crippen molar-refractivity contribution in [2.45, 2.75) is 19.6 Å². The van der Waals surface area contributed by atoms with Crippen LogP contribution in [0.1, 0.15) is 5.56 Å². The molecule has 0 amide bonds. The van der Waals surface area contributed by atoms with E-state index < -0.39 is 37.8 Å². The molecule has 0 bridgehead atoms. The summed E-state index contributed by atoms with van der Waals surface area (Å²) in [7, 11) is 0. The van der Waals surface area contributed by atoms with Gasteiger partial charge in [-0.05, 0) is 30.3 Å². The number of hydrogen-bond acceptors (Lipinski definition) is 4. The molecule has 0 saturated carbocycles. The van der Waals surface area contributed by atoms with E-state index in [9.17, 15) is 27.1 Å². The van der Waals surface area contributed by atoms with Gasteiger partial charge in [0.2, 0.25) is 0 Å². The van der Waals surface area contributed by atoms with Crippen molar-refractivity contribution >= 4 is 11.4 Å². The van der Waals surface area contributed by atoms with Crippen LogP contribution >= 0.6 is 0 Å². The fourth-order valence-electron chi connectivity index (χ4n) is 1.98. The molecule has 0 heterocycles. The van der Waals surface area contributed by atoms with E-state index in [0.29, 0.717) is 5.69 Å². The number of anilines is 2. The molecule has 0 unspecified atom stereocenters. The molecule has 2 aromatic carbocycles. The maximum atomic E-state index is 13.8. The summed E-state index contributed by atoms with van der Waals surface area (Å²) in [5.41, 5.74) is 0.799. The van der Waals surface area contributed by atoms with E-state index in [-0.39, 0.29) is 17.0 Å². The summed E-state index contributed by atoms with van der Waals surface area (Å²) >= 11 is 0. The molecule has 0 aliphatic rings. The Morgan fingerprint density at radius 2 is 1.72 bits per heavy atom. The van der Waals surface area contributed by atoms with Crippen LogP contribution in [0.25, 0.3) is 0 Å². The highest BCUT2D eigenvalue weighted by atomic mass is 19.3. The van der Waals surface area contributed by atoms with E-state index in [2.05, 4.69) is 14.8 Å². The second kappa shape index (κ2) is 8.52. The summed E-state index contributed by atoms with van der Waals surface area (Å²) in [5, 5.41) is 12.1. The Labute approximate surface area is 139 Å². The van der Waals surface area contributed by atoms with Crippen molar-refractivity contribution in [1.29, 1.82) is 0 Å². The highest BCUT2D eigenvalue weighted by molar-refractivity contribution is 5.65. The van der Waals surface area contributed by atoms with Crippen LogP contribution in [0, 0.1) is 5.82 Å². The molecule has 0 saturated heterocycles. The van der Waals surface area contributed by atoms with Gasteiger partial charge in [0.15, 0.2) is 11.6 Å². The predicted octanol–water partition coefficient (Wildman–Crippen LogP) is 4.31. The molecular formula is C16H14F5NO3. The number of benzene rings is 2. The van der Waals surface area contributed by atoms with Gasteiger partial charge in [-0.2, -0.15) is 8.78 Å². The summed E-state index contributed by atoms with van der Waals surface area (Å²) in [5.74, 6) is -1.35. The zero-order chi connectivity index (χ0) is 18.4. The lowest BCUT2D eigenvalue weighted by Gasteiger charge is -2.15. The Hall–Kier alpha value is -2.55. The number of ether oxygens (including phenoxy) is 2. The highest BCUT2D eigenvalue weighted by Gasteiger charge is 2.13. The fourth-order valence-corrected chi connectivity index (χ4v) is 1.98. The topological polar surface area (TPSA) is 50.7 Å². The van der Waals surface area contributed by atoms with Gasteiger partial charge in [-0.25, -0.2) is 13.2 Å². The lowest BCUT2D eigenvalue weighted by molar-refractivity contribution is -0.0498. The summed E-state index contributed by atoms with van der Waals surface area (Å²) in [4.78, 5) is 0. The number of hydrogen-bond donors (Lipinski definition) is 2. The van der Waals surface area contributed by atoms with Gasteiger partial charge in [-0.1, -0.05) is 0 Å². The fraction of sp³-hybridized carbons (Fsp3) is 0.250. The van der Waals surface area contributed by atoms with E-state index in [1.165, 1.54) is 24.3 Å². The number of halogens is 5. The largest absolute Gasteiger partial charge is 0.484 e. The van der Waals surface area contributed by atoms with Gasteiger partial charge in [-0.15, -0.1) is 0 Å². The number of rotatable bonds is 8. The molecule has 2 rings (SSSR count). The van der Waals surface area contributed by atoms with Crippen LogP contribution in [0.5, 0.6) is 11.5 Å². The molecule has 0 aliphatic carbocycles. The van der Waals surface area contributed by atoms with Crippen LogP contribution < -0.4 is 14.8 Å². The van der Waals surface area contributed by atoms with Crippen molar-refractivity contribution in [3.8, 4) is 11.5 Å². The van der Waals surface area contributed by atoms with Gasteiger partial charge in [0.25, 0.3) is 6.43 Å². The van der Waals surface area contributed by atoms with Crippen LogP contribution in [0.3, 0.4) is 0 Å². The van der Waals surface area contributed by atoms with Crippen molar-refractivity contribution in [2.75, 3.05) is 11.9 Å². The van der Waals surface area contributed by atoms with Gasteiger partial charge >= 0.3 is 6.61 Å². The van der Waals surface area contributed by atoms with Gasteiger partial charge in [-0.3, -0.25) is 0 Å². The molecule has 25 heavy (non-hydrogen) atoms. The van der Waals surface area contributed by atoms with E-state index in [0.717, 1.165) is 12.1 Å². The molecule has 0 aromatic heterocycles. The second-order valence-corrected chi connectivity index (χ2v) is 4.83. The normalized spacial score (nSPS) is 11.0. The Morgan fingerprint density at radius 3 is 2.28 bits per heavy atom. The minimum atomic E-state index is -2.95. The van der Waals surface area contributed by atoms with Crippen LogP contribution in [0.15, 0.2) is 36.4 Å². The summed E-state index contributed by atoms with van der Waals surface area (Å²) < 4.78 is 71.3. The first-order valence-electron chi connectivity index (χ1n) is 7.05. The molecule has 4 nitrogen and oxygen atoms in total. The first-order valence-corrected chi connectivity index (χ1v) is 7.05. The predicted molar refractivity (Wildman–Crippen MR) is 80.2 cm³/mol. The van der Waals surface area contributed by atoms with Gasteiger partial charge in [0.1, 0.15) is 12.4 Å². The third kappa shape index (κ3) is 5.49. The zero-order valence-corrected chi connectivity index (χ0v) is 12.7. The van der Waals surface area contributed by atoms with E-state index >= 15 is 0 Å². The average molecular weight is 363 g/mol. The van der Waals surface area contributed by atoms with Crippen molar-refractivity contribution in [1.82, 2.24) is 0 Å². The maximum Gasteiger partial charge on any atom is 0.387 e. The van der Waals surface area contributed by atoms with Crippen molar-refractivity contribution in [3.63, 3.8) is 0 Å².